The summed E-state index contributed by atoms with van der Waals surface area (Å²) < 4.78 is 26.0. The van der Waals surface area contributed by atoms with Crippen LogP contribution < -0.4 is 5.73 Å². The highest BCUT2D eigenvalue weighted by atomic mass is 35.5. The van der Waals surface area contributed by atoms with Crippen LogP contribution in [0.3, 0.4) is 0 Å². The van der Waals surface area contributed by atoms with E-state index in [0.29, 0.717) is 9.09 Å². The third-order valence-corrected chi connectivity index (χ3v) is 7.31. The monoisotopic (exact) mass is 380 g/mol. The first kappa shape index (κ1) is 16.6. The molecule has 0 bridgehead atoms. The van der Waals surface area contributed by atoms with Gasteiger partial charge in [0.15, 0.2) is 0 Å². The van der Waals surface area contributed by atoms with Crippen LogP contribution >= 0.6 is 46.3 Å². The van der Waals surface area contributed by atoms with Gasteiger partial charge in [-0.25, -0.2) is 8.42 Å². The van der Waals surface area contributed by atoms with Gasteiger partial charge in [0.1, 0.15) is 5.84 Å². The minimum atomic E-state index is -3.77. The summed E-state index contributed by atoms with van der Waals surface area (Å²) in [6.45, 7) is 0. The van der Waals surface area contributed by atoms with Crippen molar-refractivity contribution in [2.45, 2.75) is 14.0 Å². The molecule has 4 nitrogen and oxygen atoms in total. The van der Waals surface area contributed by atoms with Crippen molar-refractivity contribution in [2.24, 2.45) is 5.73 Å². The van der Waals surface area contributed by atoms with E-state index in [1.165, 1.54) is 47.4 Å². The number of thioether (sulfide) groups is 1. The molecule has 0 aliphatic carbocycles. The summed E-state index contributed by atoms with van der Waals surface area (Å²) in [5.41, 5.74) is 5.43. The number of nitrogen functional groups attached to an aromatic ring is 1. The van der Waals surface area contributed by atoms with Gasteiger partial charge in [0.2, 0.25) is 9.84 Å². The van der Waals surface area contributed by atoms with Gasteiger partial charge in [-0.1, -0.05) is 23.2 Å². The number of thiophene rings is 1. The van der Waals surface area contributed by atoms with Crippen LogP contribution in [0.15, 0.2) is 38.3 Å². The van der Waals surface area contributed by atoms with Crippen molar-refractivity contribution >= 4 is 62.0 Å². The van der Waals surface area contributed by atoms with Crippen LogP contribution in [0.4, 0.5) is 0 Å². The molecule has 112 valence electrons. The van der Waals surface area contributed by atoms with Crippen LogP contribution in [0.2, 0.25) is 10.0 Å². The fourth-order valence-electron chi connectivity index (χ4n) is 1.63. The number of halogens is 2. The van der Waals surface area contributed by atoms with Gasteiger partial charge in [0, 0.05) is 10.0 Å². The van der Waals surface area contributed by atoms with E-state index < -0.39 is 9.84 Å². The van der Waals surface area contributed by atoms with Gasteiger partial charge in [-0.2, -0.15) is 0 Å². The third kappa shape index (κ3) is 3.37. The first-order valence-corrected chi connectivity index (χ1v) is 9.77. The number of amidine groups is 1. The summed E-state index contributed by atoms with van der Waals surface area (Å²) in [6, 6.07) is 5.56. The third-order valence-electron chi connectivity index (χ3n) is 2.55. The second-order valence-corrected chi connectivity index (χ2v) is 8.91. The van der Waals surface area contributed by atoms with Gasteiger partial charge in [0.25, 0.3) is 0 Å². The summed E-state index contributed by atoms with van der Waals surface area (Å²) >= 11 is 14.2. The lowest BCUT2D eigenvalue weighted by Gasteiger charge is -2.05. The second-order valence-electron chi connectivity index (χ2n) is 3.99. The average molecular weight is 381 g/mol. The Morgan fingerprint density at radius 1 is 1.24 bits per heavy atom. The maximum atomic E-state index is 12.7. The Kier molecular flexibility index (Phi) is 4.89. The number of nitrogens with one attached hydrogen (secondary N) is 1. The lowest BCUT2D eigenvalue weighted by molar-refractivity contribution is 0.595. The van der Waals surface area contributed by atoms with Crippen molar-refractivity contribution in [3.8, 4) is 0 Å². The molecule has 0 spiro atoms. The first-order valence-electron chi connectivity index (χ1n) is 5.49. The maximum Gasteiger partial charge on any atom is 0.208 e. The van der Waals surface area contributed by atoms with E-state index in [0.717, 1.165) is 0 Å². The van der Waals surface area contributed by atoms with E-state index in [1.807, 2.05) is 0 Å². The molecule has 0 aliphatic heterocycles. The number of nitrogens with two attached hydrogens (primary N) is 1. The van der Waals surface area contributed by atoms with Crippen molar-refractivity contribution in [3.63, 3.8) is 0 Å². The van der Waals surface area contributed by atoms with Crippen LogP contribution in [-0.4, -0.2) is 20.5 Å². The van der Waals surface area contributed by atoms with E-state index in [4.69, 9.17) is 34.3 Å². The lowest BCUT2D eigenvalue weighted by atomic mass is 10.4. The number of rotatable bonds is 4. The zero-order chi connectivity index (χ0) is 15.8. The summed E-state index contributed by atoms with van der Waals surface area (Å²) in [5, 5.41) is 7.93. The van der Waals surface area contributed by atoms with E-state index in [-0.39, 0.29) is 25.7 Å². The van der Waals surface area contributed by atoms with E-state index >= 15 is 0 Å². The Morgan fingerprint density at radius 3 is 2.29 bits per heavy atom. The van der Waals surface area contributed by atoms with Crippen molar-refractivity contribution in [1.29, 1.82) is 5.41 Å². The number of hydrogen-bond donors (Lipinski definition) is 2. The van der Waals surface area contributed by atoms with Crippen molar-refractivity contribution < 1.29 is 8.42 Å². The number of hydrogen-bond acceptors (Lipinski definition) is 5. The fourth-order valence-corrected chi connectivity index (χ4v) is 6.21. The Bertz CT molecular complexity index is 796. The molecule has 1 heterocycles. The first-order chi connectivity index (χ1) is 9.75. The Labute approximate surface area is 140 Å². The quantitative estimate of drug-likeness (QED) is 0.478. The van der Waals surface area contributed by atoms with Crippen molar-refractivity contribution in [2.75, 3.05) is 6.26 Å². The highest BCUT2D eigenvalue weighted by molar-refractivity contribution is 8.01. The molecule has 3 N–H and O–H groups in total. The van der Waals surface area contributed by atoms with Gasteiger partial charge < -0.3 is 5.73 Å². The summed E-state index contributed by atoms with van der Waals surface area (Å²) in [4.78, 5) is 0.540. The van der Waals surface area contributed by atoms with Gasteiger partial charge in [-0.05, 0) is 30.5 Å². The topological polar surface area (TPSA) is 84.0 Å². The van der Waals surface area contributed by atoms with Crippen molar-refractivity contribution in [1.82, 2.24) is 0 Å². The van der Waals surface area contributed by atoms with Crippen LogP contribution in [0.25, 0.3) is 0 Å². The largest absolute Gasteiger partial charge is 0.383 e. The van der Waals surface area contributed by atoms with Gasteiger partial charge in [-0.15, -0.1) is 23.1 Å². The Balaban J connectivity index is 2.66. The molecule has 0 amide bonds. The maximum absolute atomic E-state index is 12.7. The second kappa shape index (κ2) is 6.18. The molecule has 0 atom stereocenters. The molecule has 0 aliphatic rings. The van der Waals surface area contributed by atoms with Crippen LogP contribution in [0, 0.1) is 5.41 Å². The molecule has 9 heteroatoms. The highest BCUT2D eigenvalue weighted by Gasteiger charge is 2.25. The standard InChI is InChI=1S/C12H10Cl2N2O2S3/c1-19-12-10(5-9(20-12)11(15)16)21(17,18)8-3-6(13)2-7(14)4-8/h2-5H,1H3,(H3,15,16). The smallest absolute Gasteiger partial charge is 0.208 e. The molecule has 0 radical (unpaired) electrons. The summed E-state index contributed by atoms with van der Waals surface area (Å²) in [5.74, 6) is -0.166. The van der Waals surface area contributed by atoms with Crippen LogP contribution in [-0.2, 0) is 9.84 Å². The molecule has 0 unspecified atom stereocenters. The normalized spacial score (nSPS) is 11.6. The Morgan fingerprint density at radius 2 is 1.81 bits per heavy atom. The van der Waals surface area contributed by atoms with E-state index in [1.54, 1.807) is 6.26 Å². The van der Waals surface area contributed by atoms with Gasteiger partial charge in [-0.3, -0.25) is 5.41 Å². The highest BCUT2D eigenvalue weighted by Crippen LogP contribution is 2.37. The molecule has 0 saturated heterocycles. The predicted octanol–water partition coefficient (Wildman–Crippen LogP) is 3.89. The molecule has 2 aromatic rings. The molecule has 1 aromatic heterocycles. The summed E-state index contributed by atoms with van der Waals surface area (Å²) in [6.07, 6.45) is 1.76. The minimum Gasteiger partial charge on any atom is -0.383 e. The summed E-state index contributed by atoms with van der Waals surface area (Å²) in [7, 11) is -3.77. The lowest BCUT2D eigenvalue weighted by Crippen LogP contribution is -2.08. The van der Waals surface area contributed by atoms with Gasteiger partial charge >= 0.3 is 0 Å². The molecule has 0 saturated carbocycles. The zero-order valence-corrected chi connectivity index (χ0v) is 14.6. The SMILES string of the molecule is CSc1sc(C(=N)N)cc1S(=O)(=O)c1cc(Cl)cc(Cl)c1. The Hall–Kier alpha value is -0.730. The van der Waals surface area contributed by atoms with Gasteiger partial charge in [0.05, 0.1) is 18.9 Å². The number of sulfone groups is 1. The van der Waals surface area contributed by atoms with Crippen LogP contribution in [0.5, 0.6) is 0 Å². The fraction of sp³-hybridized carbons (Fsp3) is 0.0833. The van der Waals surface area contributed by atoms with E-state index in [9.17, 15) is 8.42 Å². The predicted molar refractivity (Wildman–Crippen MR) is 89.0 cm³/mol. The average Bonchev–Trinajstić information content (AvgIpc) is 2.82. The number of benzene rings is 1. The molecular formula is C12H10Cl2N2O2S3. The molecule has 2 rings (SSSR count). The molecule has 21 heavy (non-hydrogen) atoms. The minimum absolute atomic E-state index is 0.0169. The van der Waals surface area contributed by atoms with Crippen molar-refractivity contribution in [3.05, 3.63) is 39.2 Å². The molecular weight excluding hydrogens is 371 g/mol. The van der Waals surface area contributed by atoms with Crippen LogP contribution in [0.1, 0.15) is 4.88 Å². The zero-order valence-electron chi connectivity index (χ0n) is 10.7. The molecule has 1 aromatic carbocycles. The molecule has 0 fully saturated rings. The van der Waals surface area contributed by atoms with E-state index in [2.05, 4.69) is 0 Å².